The Balaban J connectivity index is 4.37. The maximum absolute atomic E-state index is 9.11. The standard InChI is InChI=1S/C10H22O5/c1-6(10(2,3)4)7(5-11)15-9(14)8(12)13/h6-9,11-14H,5H2,1-4H3. The normalized spacial score (nSPS) is 19.0. The second-order valence-electron chi connectivity index (χ2n) is 4.82. The minimum Gasteiger partial charge on any atom is -0.394 e. The van der Waals surface area contributed by atoms with Gasteiger partial charge in [-0.15, -0.1) is 0 Å². The highest BCUT2D eigenvalue weighted by Crippen LogP contribution is 2.30. The van der Waals surface area contributed by atoms with Crippen LogP contribution in [0.15, 0.2) is 0 Å². The second kappa shape index (κ2) is 5.77. The van der Waals surface area contributed by atoms with Crippen molar-refractivity contribution >= 4 is 0 Å². The topological polar surface area (TPSA) is 90.2 Å². The summed E-state index contributed by atoms with van der Waals surface area (Å²) in [6, 6.07) is 0. The molecule has 0 radical (unpaired) electrons. The molecule has 0 aliphatic carbocycles. The van der Waals surface area contributed by atoms with Crippen LogP contribution in [0.5, 0.6) is 0 Å². The lowest BCUT2D eigenvalue weighted by molar-refractivity contribution is -0.262. The third kappa shape index (κ3) is 4.90. The van der Waals surface area contributed by atoms with Gasteiger partial charge in [0.1, 0.15) is 0 Å². The van der Waals surface area contributed by atoms with E-state index in [4.69, 9.17) is 25.2 Å². The van der Waals surface area contributed by atoms with Crippen molar-refractivity contribution in [1.82, 2.24) is 0 Å². The van der Waals surface area contributed by atoms with Crippen molar-refractivity contribution in [1.29, 1.82) is 0 Å². The van der Waals surface area contributed by atoms with Crippen molar-refractivity contribution in [3.63, 3.8) is 0 Å². The Morgan fingerprint density at radius 2 is 1.60 bits per heavy atom. The van der Waals surface area contributed by atoms with Gasteiger partial charge in [0.25, 0.3) is 0 Å². The van der Waals surface area contributed by atoms with Gasteiger partial charge in [-0.3, -0.25) is 0 Å². The summed E-state index contributed by atoms with van der Waals surface area (Å²) in [5, 5.41) is 35.5. The molecule has 0 aromatic carbocycles. The Bertz CT molecular complexity index is 175. The molecule has 0 bridgehead atoms. The smallest absolute Gasteiger partial charge is 0.206 e. The molecule has 0 aromatic heterocycles. The first-order valence-corrected chi connectivity index (χ1v) is 5.00. The summed E-state index contributed by atoms with van der Waals surface area (Å²) in [6.07, 6.45) is -4.26. The average Bonchev–Trinajstić information content (AvgIpc) is 2.10. The van der Waals surface area contributed by atoms with Gasteiger partial charge in [-0.2, -0.15) is 0 Å². The van der Waals surface area contributed by atoms with Crippen LogP contribution in [0.4, 0.5) is 0 Å². The third-order valence-corrected chi connectivity index (χ3v) is 2.67. The first-order chi connectivity index (χ1) is 6.70. The summed E-state index contributed by atoms with van der Waals surface area (Å²) in [6.45, 7) is 7.53. The quantitative estimate of drug-likeness (QED) is 0.478. The maximum Gasteiger partial charge on any atom is 0.206 e. The molecule has 0 spiro atoms. The molecule has 5 heteroatoms. The SMILES string of the molecule is CC(C(CO)OC(O)C(O)O)C(C)(C)C. The summed E-state index contributed by atoms with van der Waals surface area (Å²) in [4.78, 5) is 0. The van der Waals surface area contributed by atoms with E-state index >= 15 is 0 Å². The van der Waals surface area contributed by atoms with Gasteiger partial charge in [0.2, 0.25) is 12.6 Å². The Kier molecular flexibility index (Phi) is 5.69. The van der Waals surface area contributed by atoms with Gasteiger partial charge in [-0.1, -0.05) is 27.7 Å². The summed E-state index contributed by atoms with van der Waals surface area (Å²) in [5.41, 5.74) is -0.104. The van der Waals surface area contributed by atoms with E-state index in [1.807, 2.05) is 27.7 Å². The van der Waals surface area contributed by atoms with E-state index in [0.717, 1.165) is 0 Å². The van der Waals surface area contributed by atoms with Crippen LogP contribution >= 0.6 is 0 Å². The van der Waals surface area contributed by atoms with Gasteiger partial charge in [0.05, 0.1) is 12.7 Å². The number of aliphatic hydroxyl groups excluding tert-OH is 3. The van der Waals surface area contributed by atoms with Gasteiger partial charge < -0.3 is 25.2 Å². The Morgan fingerprint density at radius 3 is 1.87 bits per heavy atom. The number of hydrogen-bond acceptors (Lipinski definition) is 5. The van der Waals surface area contributed by atoms with E-state index < -0.39 is 18.7 Å². The number of rotatable bonds is 5. The molecule has 0 heterocycles. The molecule has 15 heavy (non-hydrogen) atoms. The van der Waals surface area contributed by atoms with Gasteiger partial charge >= 0.3 is 0 Å². The van der Waals surface area contributed by atoms with Crippen molar-refractivity contribution in [2.45, 2.75) is 46.4 Å². The van der Waals surface area contributed by atoms with Crippen molar-refractivity contribution in [3.05, 3.63) is 0 Å². The van der Waals surface area contributed by atoms with Gasteiger partial charge in [-0.25, -0.2) is 0 Å². The van der Waals surface area contributed by atoms with Gasteiger partial charge in [0, 0.05) is 0 Å². The first-order valence-electron chi connectivity index (χ1n) is 5.00. The molecular weight excluding hydrogens is 200 g/mol. The zero-order valence-corrected chi connectivity index (χ0v) is 9.71. The predicted octanol–water partition coefficient (Wildman–Crippen LogP) is -0.325. The lowest BCUT2D eigenvalue weighted by Gasteiger charge is -2.34. The summed E-state index contributed by atoms with van der Waals surface area (Å²) >= 11 is 0. The Labute approximate surface area is 90.3 Å². The van der Waals surface area contributed by atoms with E-state index in [-0.39, 0.29) is 17.9 Å². The summed E-state index contributed by atoms with van der Waals surface area (Å²) < 4.78 is 4.95. The highest BCUT2D eigenvalue weighted by molar-refractivity contribution is 4.77. The van der Waals surface area contributed by atoms with Crippen molar-refractivity contribution in [3.8, 4) is 0 Å². The molecule has 0 rings (SSSR count). The highest BCUT2D eigenvalue weighted by Gasteiger charge is 2.31. The fourth-order valence-corrected chi connectivity index (χ4v) is 1.13. The lowest BCUT2D eigenvalue weighted by Crippen LogP contribution is -2.40. The number of aliphatic hydroxyl groups is 4. The predicted molar refractivity (Wildman–Crippen MR) is 54.8 cm³/mol. The largest absolute Gasteiger partial charge is 0.394 e. The summed E-state index contributed by atoms with van der Waals surface area (Å²) in [7, 11) is 0. The molecule has 0 aliphatic heterocycles. The van der Waals surface area contributed by atoms with Crippen LogP contribution < -0.4 is 0 Å². The zero-order chi connectivity index (χ0) is 12.2. The van der Waals surface area contributed by atoms with Crippen LogP contribution in [0.25, 0.3) is 0 Å². The van der Waals surface area contributed by atoms with Gasteiger partial charge in [0.15, 0.2) is 0 Å². The number of hydrogen-bond donors (Lipinski definition) is 4. The first kappa shape index (κ1) is 14.8. The fraction of sp³-hybridized carbons (Fsp3) is 1.00. The van der Waals surface area contributed by atoms with E-state index in [9.17, 15) is 0 Å². The molecule has 0 saturated carbocycles. The van der Waals surface area contributed by atoms with Crippen LogP contribution in [0.3, 0.4) is 0 Å². The van der Waals surface area contributed by atoms with E-state index in [1.165, 1.54) is 0 Å². The van der Waals surface area contributed by atoms with Crippen LogP contribution in [0, 0.1) is 11.3 Å². The second-order valence-corrected chi connectivity index (χ2v) is 4.82. The molecule has 0 aromatic rings. The molecule has 0 aliphatic rings. The molecule has 0 fully saturated rings. The third-order valence-electron chi connectivity index (χ3n) is 2.67. The Hall–Kier alpha value is -0.200. The van der Waals surface area contributed by atoms with E-state index in [0.29, 0.717) is 0 Å². The van der Waals surface area contributed by atoms with Crippen molar-refractivity contribution in [2.75, 3.05) is 6.61 Å². The van der Waals surface area contributed by atoms with Crippen LogP contribution in [-0.2, 0) is 4.74 Å². The highest BCUT2D eigenvalue weighted by atomic mass is 16.7. The van der Waals surface area contributed by atoms with Crippen LogP contribution in [0.1, 0.15) is 27.7 Å². The molecule has 5 nitrogen and oxygen atoms in total. The fourth-order valence-electron chi connectivity index (χ4n) is 1.13. The monoisotopic (exact) mass is 222 g/mol. The minimum atomic E-state index is -1.95. The maximum atomic E-state index is 9.11. The minimum absolute atomic E-state index is 0.0316. The molecule has 3 unspecified atom stereocenters. The zero-order valence-electron chi connectivity index (χ0n) is 9.71. The molecule has 3 atom stereocenters. The molecule has 0 saturated heterocycles. The average molecular weight is 222 g/mol. The van der Waals surface area contributed by atoms with Crippen molar-refractivity contribution < 1.29 is 25.2 Å². The summed E-state index contributed by atoms with van der Waals surface area (Å²) in [5.74, 6) is -0.0316. The van der Waals surface area contributed by atoms with Crippen molar-refractivity contribution in [2.24, 2.45) is 11.3 Å². The van der Waals surface area contributed by atoms with E-state index in [2.05, 4.69) is 0 Å². The van der Waals surface area contributed by atoms with E-state index in [1.54, 1.807) is 0 Å². The number of ether oxygens (including phenoxy) is 1. The molecular formula is C10H22O5. The van der Waals surface area contributed by atoms with Gasteiger partial charge in [-0.05, 0) is 11.3 Å². The Morgan fingerprint density at radius 1 is 1.13 bits per heavy atom. The molecule has 92 valence electrons. The lowest BCUT2D eigenvalue weighted by atomic mass is 9.79. The van der Waals surface area contributed by atoms with Crippen LogP contribution in [-0.4, -0.2) is 45.7 Å². The molecule has 0 amide bonds. The van der Waals surface area contributed by atoms with Crippen LogP contribution in [0.2, 0.25) is 0 Å². The molecule has 4 N–H and O–H groups in total.